The molecule has 27 heavy (non-hydrogen) atoms. The van der Waals surface area contributed by atoms with Crippen LogP contribution in [-0.4, -0.2) is 32.6 Å². The summed E-state index contributed by atoms with van der Waals surface area (Å²) in [4.78, 5) is 18.6. The summed E-state index contributed by atoms with van der Waals surface area (Å²) in [5, 5.41) is 3.73. The van der Waals surface area contributed by atoms with Gasteiger partial charge in [-0.3, -0.25) is 9.78 Å². The van der Waals surface area contributed by atoms with E-state index in [9.17, 15) is 13.6 Å². The van der Waals surface area contributed by atoms with E-state index < -0.39 is 6.55 Å². The molecule has 0 aliphatic heterocycles. The number of alkyl halides is 2. The van der Waals surface area contributed by atoms with Crippen LogP contribution in [0.3, 0.4) is 0 Å². The average Bonchev–Trinajstić information content (AvgIpc) is 3.08. The molecule has 0 bridgehead atoms. The van der Waals surface area contributed by atoms with Crippen LogP contribution in [0.15, 0.2) is 55.0 Å². The van der Waals surface area contributed by atoms with Crippen molar-refractivity contribution in [2.45, 2.75) is 26.4 Å². The minimum atomic E-state index is -2.70. The van der Waals surface area contributed by atoms with Gasteiger partial charge < -0.3 is 4.90 Å². The largest absolute Gasteiger partial charge is 0.335 e. The van der Waals surface area contributed by atoms with Crippen molar-refractivity contribution in [2.75, 3.05) is 7.05 Å². The van der Waals surface area contributed by atoms with Gasteiger partial charge in [-0.05, 0) is 43.2 Å². The lowest BCUT2D eigenvalue weighted by atomic mass is 10.0. The number of aromatic nitrogens is 3. The molecule has 0 N–H and O–H groups in total. The number of hydrogen-bond donors (Lipinski definition) is 0. The topological polar surface area (TPSA) is 51.0 Å². The van der Waals surface area contributed by atoms with Gasteiger partial charge in [0.05, 0.1) is 12.2 Å². The Balaban J connectivity index is 1.88. The first-order valence-corrected chi connectivity index (χ1v) is 8.50. The fourth-order valence-corrected chi connectivity index (χ4v) is 2.95. The number of benzene rings is 1. The molecule has 3 rings (SSSR count). The van der Waals surface area contributed by atoms with E-state index in [1.807, 2.05) is 19.1 Å². The molecule has 0 fully saturated rings. The van der Waals surface area contributed by atoms with Crippen molar-refractivity contribution >= 4 is 5.91 Å². The summed E-state index contributed by atoms with van der Waals surface area (Å²) in [6.45, 7) is 0.810. The monoisotopic (exact) mass is 370 g/mol. The fourth-order valence-electron chi connectivity index (χ4n) is 2.95. The molecule has 0 saturated heterocycles. The number of pyridine rings is 1. The van der Waals surface area contributed by atoms with Crippen LogP contribution in [0, 0.1) is 6.92 Å². The van der Waals surface area contributed by atoms with E-state index in [2.05, 4.69) is 10.1 Å². The predicted octanol–water partition coefficient (Wildman–Crippen LogP) is 4.48. The lowest BCUT2D eigenvalue weighted by Crippen LogP contribution is -2.29. The molecule has 7 heteroatoms. The van der Waals surface area contributed by atoms with Gasteiger partial charge in [-0.2, -0.15) is 13.9 Å². The van der Waals surface area contributed by atoms with Crippen molar-refractivity contribution in [3.63, 3.8) is 0 Å². The Hall–Kier alpha value is -3.09. The van der Waals surface area contributed by atoms with Crippen LogP contribution in [0.2, 0.25) is 0 Å². The lowest BCUT2D eigenvalue weighted by Gasteiger charge is -2.25. The molecule has 5 nitrogen and oxygen atoms in total. The fraction of sp³-hybridized carbons (Fsp3) is 0.250. The van der Waals surface area contributed by atoms with Crippen molar-refractivity contribution in [3.05, 3.63) is 71.8 Å². The van der Waals surface area contributed by atoms with Gasteiger partial charge in [-0.25, -0.2) is 4.68 Å². The molecule has 1 atom stereocenters. The van der Waals surface area contributed by atoms with E-state index in [1.165, 1.54) is 6.20 Å². The minimum Gasteiger partial charge on any atom is -0.335 e. The van der Waals surface area contributed by atoms with Gasteiger partial charge >= 0.3 is 6.55 Å². The number of halogens is 2. The van der Waals surface area contributed by atoms with E-state index in [1.54, 1.807) is 55.5 Å². The zero-order valence-corrected chi connectivity index (χ0v) is 15.3. The van der Waals surface area contributed by atoms with E-state index in [4.69, 9.17) is 0 Å². The van der Waals surface area contributed by atoms with Crippen molar-refractivity contribution in [2.24, 2.45) is 0 Å². The van der Waals surface area contributed by atoms with Crippen LogP contribution in [0.5, 0.6) is 0 Å². The van der Waals surface area contributed by atoms with Gasteiger partial charge in [0, 0.05) is 36.3 Å². The van der Waals surface area contributed by atoms with E-state index >= 15 is 0 Å². The number of nitrogens with zero attached hydrogens (tertiary/aromatic N) is 4. The van der Waals surface area contributed by atoms with Gasteiger partial charge in [-0.15, -0.1) is 0 Å². The first-order chi connectivity index (χ1) is 12.9. The maximum absolute atomic E-state index is 13.0. The molecule has 3 aromatic rings. The second-order valence-corrected chi connectivity index (χ2v) is 6.33. The number of carbonyl (C=O) groups is 1. The third kappa shape index (κ3) is 3.72. The Kier molecular flexibility index (Phi) is 5.30. The highest BCUT2D eigenvalue weighted by Crippen LogP contribution is 2.27. The molecular formula is C20H20F2N4O. The molecular weight excluding hydrogens is 350 g/mol. The maximum atomic E-state index is 13.0. The van der Waals surface area contributed by atoms with Gasteiger partial charge in [-0.1, -0.05) is 18.2 Å². The molecule has 0 radical (unpaired) electrons. The maximum Gasteiger partial charge on any atom is 0.333 e. The normalized spacial score (nSPS) is 12.2. The summed E-state index contributed by atoms with van der Waals surface area (Å²) >= 11 is 0. The van der Waals surface area contributed by atoms with Gasteiger partial charge in [0.1, 0.15) is 0 Å². The third-order valence-corrected chi connectivity index (χ3v) is 4.72. The molecule has 0 spiro atoms. The highest BCUT2D eigenvalue weighted by atomic mass is 19.3. The van der Waals surface area contributed by atoms with Gasteiger partial charge in [0.15, 0.2) is 0 Å². The Labute approximate surface area is 156 Å². The molecule has 1 aromatic carbocycles. The van der Waals surface area contributed by atoms with Crippen molar-refractivity contribution in [3.8, 4) is 11.1 Å². The Bertz CT molecular complexity index is 940. The summed E-state index contributed by atoms with van der Waals surface area (Å²) in [6, 6.07) is 10.5. The average molecular weight is 370 g/mol. The third-order valence-electron chi connectivity index (χ3n) is 4.72. The Morgan fingerprint density at radius 1 is 1.19 bits per heavy atom. The van der Waals surface area contributed by atoms with Crippen LogP contribution in [0.25, 0.3) is 11.1 Å². The van der Waals surface area contributed by atoms with Gasteiger partial charge in [0.2, 0.25) is 0 Å². The first kappa shape index (κ1) is 18.7. The van der Waals surface area contributed by atoms with E-state index in [-0.39, 0.29) is 11.9 Å². The summed E-state index contributed by atoms with van der Waals surface area (Å²) in [7, 11) is 1.73. The number of rotatable bonds is 5. The van der Waals surface area contributed by atoms with Crippen LogP contribution in [0.1, 0.15) is 41.1 Å². The SMILES string of the molecule is Cc1c(-c2cccc(C(=O)N(C)C(C)c3cccnc3)c2)cnn1C(F)F. The molecule has 0 saturated carbocycles. The first-order valence-electron chi connectivity index (χ1n) is 8.50. The van der Waals surface area contributed by atoms with Crippen LogP contribution < -0.4 is 0 Å². The summed E-state index contributed by atoms with van der Waals surface area (Å²) in [5.74, 6) is -0.160. The van der Waals surface area contributed by atoms with Crippen molar-refractivity contribution in [1.29, 1.82) is 0 Å². The van der Waals surface area contributed by atoms with Crippen LogP contribution >= 0.6 is 0 Å². The van der Waals surface area contributed by atoms with Gasteiger partial charge in [0.25, 0.3) is 5.91 Å². The molecule has 0 aliphatic carbocycles. The van der Waals surface area contributed by atoms with E-state index in [0.29, 0.717) is 27.1 Å². The highest BCUT2D eigenvalue weighted by Gasteiger charge is 2.20. The highest BCUT2D eigenvalue weighted by molar-refractivity contribution is 5.95. The Morgan fingerprint density at radius 2 is 1.96 bits per heavy atom. The zero-order valence-electron chi connectivity index (χ0n) is 15.3. The molecule has 2 heterocycles. The summed E-state index contributed by atoms with van der Waals surface area (Å²) < 4.78 is 26.6. The quantitative estimate of drug-likeness (QED) is 0.665. The van der Waals surface area contributed by atoms with Crippen molar-refractivity contribution < 1.29 is 13.6 Å². The second-order valence-electron chi connectivity index (χ2n) is 6.33. The van der Waals surface area contributed by atoms with Crippen LogP contribution in [-0.2, 0) is 0 Å². The smallest absolute Gasteiger partial charge is 0.333 e. The zero-order chi connectivity index (χ0) is 19.6. The molecule has 0 aliphatic rings. The van der Waals surface area contributed by atoms with E-state index in [0.717, 1.165) is 5.56 Å². The molecule has 1 unspecified atom stereocenters. The summed E-state index contributed by atoms with van der Waals surface area (Å²) in [6.07, 6.45) is 4.81. The minimum absolute atomic E-state index is 0.154. The lowest BCUT2D eigenvalue weighted by molar-refractivity contribution is 0.0545. The summed E-state index contributed by atoms with van der Waals surface area (Å²) in [5.41, 5.74) is 3.01. The van der Waals surface area contributed by atoms with Crippen molar-refractivity contribution in [1.82, 2.24) is 19.7 Å². The molecule has 1 amide bonds. The number of hydrogen-bond acceptors (Lipinski definition) is 3. The van der Waals surface area contributed by atoms with Crippen LogP contribution in [0.4, 0.5) is 8.78 Å². The number of carbonyl (C=O) groups excluding carboxylic acids is 1. The number of amides is 1. The Morgan fingerprint density at radius 3 is 2.59 bits per heavy atom. The predicted molar refractivity (Wildman–Crippen MR) is 98.4 cm³/mol. The standard InChI is InChI=1S/C20H20F2N4O/c1-13(17-8-5-9-23-11-17)25(3)19(27)16-7-4-6-15(10-16)18-12-24-26(14(18)2)20(21)22/h4-13,20H,1-3H3. The molecule has 140 valence electrons. The second kappa shape index (κ2) is 7.65. The molecule has 2 aromatic heterocycles.